The highest BCUT2D eigenvalue weighted by Gasteiger charge is 2.08. The number of amides is 1. The Labute approximate surface area is 141 Å². The Hall–Kier alpha value is -1.82. The lowest BCUT2D eigenvalue weighted by atomic mass is 10.3. The summed E-state index contributed by atoms with van der Waals surface area (Å²) in [6.45, 7) is -0.397. The molecule has 4 nitrogen and oxygen atoms in total. The van der Waals surface area contributed by atoms with Crippen LogP contribution >= 0.6 is 34.5 Å². The van der Waals surface area contributed by atoms with Crippen molar-refractivity contribution >= 4 is 58.2 Å². The fraction of sp³-hybridized carbons (Fsp3) is 0.0667. The lowest BCUT2D eigenvalue weighted by molar-refractivity contribution is -0.142. The Morgan fingerprint density at radius 3 is 2.77 bits per heavy atom. The number of hydrogen-bond acceptors (Lipinski definition) is 4. The van der Waals surface area contributed by atoms with Crippen LogP contribution in [0.3, 0.4) is 0 Å². The van der Waals surface area contributed by atoms with Crippen LogP contribution in [0.15, 0.2) is 41.1 Å². The quantitative estimate of drug-likeness (QED) is 0.644. The molecule has 1 N–H and O–H groups in total. The fourth-order valence-corrected chi connectivity index (χ4v) is 2.58. The van der Waals surface area contributed by atoms with Crippen molar-refractivity contribution in [3.05, 3.63) is 56.7 Å². The summed E-state index contributed by atoms with van der Waals surface area (Å²) < 4.78 is 4.83. The van der Waals surface area contributed by atoms with Crippen LogP contribution in [0.2, 0.25) is 10.0 Å². The highest BCUT2D eigenvalue weighted by atomic mass is 35.5. The van der Waals surface area contributed by atoms with Gasteiger partial charge >= 0.3 is 5.97 Å². The molecule has 0 saturated carbocycles. The maximum Gasteiger partial charge on any atom is 0.331 e. The second-order valence-electron chi connectivity index (χ2n) is 4.17. The zero-order chi connectivity index (χ0) is 15.9. The Bertz CT molecular complexity index is 699. The number of thiophene rings is 1. The Morgan fingerprint density at radius 2 is 2.09 bits per heavy atom. The van der Waals surface area contributed by atoms with Crippen molar-refractivity contribution in [2.75, 3.05) is 11.9 Å². The van der Waals surface area contributed by atoms with Crippen molar-refractivity contribution in [3.63, 3.8) is 0 Å². The molecule has 0 aliphatic heterocycles. The summed E-state index contributed by atoms with van der Waals surface area (Å²) in [5.74, 6) is -1.08. The standard InChI is InChI=1S/C15H11Cl2NO3S/c16-11-2-3-13(12(17)7-11)18-14(19)8-21-15(20)4-1-10-5-6-22-9-10/h1-7,9H,8H2,(H,18,19)/b4-1+. The van der Waals surface area contributed by atoms with Gasteiger partial charge in [0.05, 0.1) is 10.7 Å². The zero-order valence-corrected chi connectivity index (χ0v) is 13.5. The third-order valence-corrected chi connectivity index (χ3v) is 3.76. The molecule has 0 aliphatic rings. The Morgan fingerprint density at radius 1 is 1.27 bits per heavy atom. The summed E-state index contributed by atoms with van der Waals surface area (Å²) in [5.41, 5.74) is 1.31. The molecule has 1 aromatic carbocycles. The number of ether oxygens (including phenoxy) is 1. The first-order valence-electron chi connectivity index (χ1n) is 6.16. The summed E-state index contributed by atoms with van der Waals surface area (Å²) in [5, 5.41) is 7.09. The van der Waals surface area contributed by atoms with Crippen molar-refractivity contribution in [2.45, 2.75) is 0 Å². The van der Waals surface area contributed by atoms with Crippen molar-refractivity contribution < 1.29 is 14.3 Å². The van der Waals surface area contributed by atoms with E-state index in [4.69, 9.17) is 27.9 Å². The maximum atomic E-state index is 11.7. The van der Waals surface area contributed by atoms with Crippen LogP contribution in [0.5, 0.6) is 0 Å². The first-order chi connectivity index (χ1) is 10.5. The first kappa shape index (κ1) is 16.5. The molecule has 0 unspecified atom stereocenters. The molecule has 0 radical (unpaired) electrons. The summed E-state index contributed by atoms with van der Waals surface area (Å²) >= 11 is 13.2. The number of anilines is 1. The van der Waals surface area contributed by atoms with Gasteiger partial charge in [-0.1, -0.05) is 23.2 Å². The average Bonchev–Trinajstić information content (AvgIpc) is 2.99. The summed E-state index contributed by atoms with van der Waals surface area (Å²) in [7, 11) is 0. The largest absolute Gasteiger partial charge is 0.452 e. The number of carbonyl (C=O) groups excluding carboxylic acids is 2. The van der Waals surface area contributed by atoms with E-state index in [0.29, 0.717) is 15.7 Å². The minimum absolute atomic E-state index is 0.310. The molecule has 114 valence electrons. The van der Waals surface area contributed by atoms with E-state index >= 15 is 0 Å². The van der Waals surface area contributed by atoms with Crippen LogP contribution < -0.4 is 5.32 Å². The molecule has 1 heterocycles. The molecule has 0 spiro atoms. The lowest BCUT2D eigenvalue weighted by Crippen LogP contribution is -2.20. The van der Waals surface area contributed by atoms with E-state index in [-0.39, 0.29) is 0 Å². The van der Waals surface area contributed by atoms with E-state index in [1.807, 2.05) is 16.8 Å². The summed E-state index contributed by atoms with van der Waals surface area (Å²) in [6, 6.07) is 6.54. The van der Waals surface area contributed by atoms with Gasteiger partial charge < -0.3 is 10.1 Å². The van der Waals surface area contributed by atoms with E-state index in [9.17, 15) is 9.59 Å². The molecule has 22 heavy (non-hydrogen) atoms. The molecule has 1 amide bonds. The van der Waals surface area contributed by atoms with Gasteiger partial charge in [0.25, 0.3) is 5.91 Å². The molecule has 2 aromatic rings. The van der Waals surface area contributed by atoms with Gasteiger partial charge in [-0.2, -0.15) is 11.3 Å². The van der Waals surface area contributed by atoms with E-state index in [1.54, 1.807) is 18.2 Å². The van der Waals surface area contributed by atoms with Gasteiger partial charge in [0.1, 0.15) is 0 Å². The average molecular weight is 356 g/mol. The van der Waals surface area contributed by atoms with E-state index < -0.39 is 18.5 Å². The van der Waals surface area contributed by atoms with Gasteiger partial charge in [-0.05, 0) is 46.7 Å². The van der Waals surface area contributed by atoms with Crippen LogP contribution in [-0.2, 0) is 14.3 Å². The normalized spacial score (nSPS) is 10.6. The highest BCUT2D eigenvalue weighted by molar-refractivity contribution is 7.08. The van der Waals surface area contributed by atoms with Crippen LogP contribution in [-0.4, -0.2) is 18.5 Å². The molecular weight excluding hydrogens is 345 g/mol. The predicted molar refractivity (Wildman–Crippen MR) is 89.4 cm³/mol. The summed E-state index contributed by atoms with van der Waals surface area (Å²) in [4.78, 5) is 23.2. The van der Waals surface area contributed by atoms with Gasteiger partial charge in [-0.3, -0.25) is 4.79 Å². The smallest absolute Gasteiger partial charge is 0.331 e. The SMILES string of the molecule is O=C(COC(=O)/C=C/c1ccsc1)Nc1ccc(Cl)cc1Cl. The molecule has 0 atom stereocenters. The van der Waals surface area contributed by atoms with Crippen molar-refractivity contribution in [3.8, 4) is 0 Å². The number of halogens is 2. The third-order valence-electron chi connectivity index (χ3n) is 2.51. The molecule has 0 saturated heterocycles. The predicted octanol–water partition coefficient (Wildman–Crippen LogP) is 4.25. The van der Waals surface area contributed by atoms with Gasteiger partial charge in [-0.15, -0.1) is 0 Å². The second-order valence-corrected chi connectivity index (χ2v) is 5.79. The van der Waals surface area contributed by atoms with Crippen molar-refractivity contribution in [1.29, 1.82) is 0 Å². The first-order valence-corrected chi connectivity index (χ1v) is 7.86. The molecule has 0 fully saturated rings. The van der Waals surface area contributed by atoms with Crippen LogP contribution in [0.1, 0.15) is 5.56 Å². The minimum Gasteiger partial charge on any atom is -0.452 e. The van der Waals surface area contributed by atoms with Crippen LogP contribution in [0.25, 0.3) is 6.08 Å². The molecule has 0 aliphatic carbocycles. The number of carbonyl (C=O) groups is 2. The van der Waals surface area contributed by atoms with Gasteiger partial charge in [0, 0.05) is 11.1 Å². The number of nitrogens with one attached hydrogen (secondary N) is 1. The minimum atomic E-state index is -0.594. The van der Waals surface area contributed by atoms with Gasteiger partial charge in [0.2, 0.25) is 0 Å². The lowest BCUT2D eigenvalue weighted by Gasteiger charge is -2.07. The van der Waals surface area contributed by atoms with Crippen molar-refractivity contribution in [1.82, 2.24) is 0 Å². The Kier molecular flexibility index (Phi) is 6.00. The topological polar surface area (TPSA) is 55.4 Å². The van der Waals surface area contributed by atoms with Crippen molar-refractivity contribution in [2.24, 2.45) is 0 Å². The van der Waals surface area contributed by atoms with E-state index in [1.165, 1.54) is 23.5 Å². The third kappa shape index (κ3) is 5.18. The molecular formula is C15H11Cl2NO3S. The van der Waals surface area contributed by atoms with Gasteiger partial charge in [0.15, 0.2) is 6.61 Å². The molecule has 0 bridgehead atoms. The molecule has 2 rings (SSSR count). The number of benzene rings is 1. The Balaban J connectivity index is 1.81. The van der Waals surface area contributed by atoms with Gasteiger partial charge in [-0.25, -0.2) is 4.79 Å². The zero-order valence-electron chi connectivity index (χ0n) is 11.2. The van der Waals surface area contributed by atoms with Crippen LogP contribution in [0, 0.1) is 0 Å². The highest BCUT2D eigenvalue weighted by Crippen LogP contribution is 2.25. The van der Waals surface area contributed by atoms with Crippen LogP contribution in [0.4, 0.5) is 5.69 Å². The molecule has 1 aromatic heterocycles. The molecule has 7 heteroatoms. The van der Waals surface area contributed by atoms with E-state index in [2.05, 4.69) is 5.32 Å². The number of hydrogen-bond donors (Lipinski definition) is 1. The number of rotatable bonds is 5. The monoisotopic (exact) mass is 355 g/mol. The maximum absolute atomic E-state index is 11.7. The second kappa shape index (κ2) is 7.98. The summed E-state index contributed by atoms with van der Waals surface area (Å²) in [6.07, 6.45) is 2.89. The fourth-order valence-electron chi connectivity index (χ4n) is 1.50. The number of esters is 1. The van der Waals surface area contributed by atoms with E-state index in [0.717, 1.165) is 5.56 Å².